The topological polar surface area (TPSA) is 33.1 Å². The highest BCUT2D eigenvalue weighted by Gasteiger charge is 2.19. The second-order valence-electron chi connectivity index (χ2n) is 5.41. The molecule has 0 spiro atoms. The van der Waals surface area contributed by atoms with Gasteiger partial charge in [0.15, 0.2) is 0 Å². The van der Waals surface area contributed by atoms with E-state index in [4.69, 9.17) is 11.6 Å². The first-order valence-corrected chi connectivity index (χ1v) is 7.82. The SMILES string of the molecule is CCc1nn(C)c(CN2CCNCc3ccccc32)c1Cl. The lowest BCUT2D eigenvalue weighted by Gasteiger charge is -2.24. The van der Waals surface area contributed by atoms with Crippen LogP contribution in [-0.2, 0) is 26.6 Å². The molecule has 0 aliphatic carbocycles. The third kappa shape index (κ3) is 2.78. The van der Waals surface area contributed by atoms with Gasteiger partial charge in [-0.3, -0.25) is 4.68 Å². The van der Waals surface area contributed by atoms with E-state index in [0.717, 1.165) is 49.0 Å². The summed E-state index contributed by atoms with van der Waals surface area (Å²) in [7, 11) is 1.97. The molecule has 0 unspecified atom stereocenters. The first kappa shape index (κ1) is 14.4. The lowest BCUT2D eigenvalue weighted by molar-refractivity contribution is 0.653. The molecule has 3 rings (SSSR count). The molecule has 5 heteroatoms. The van der Waals surface area contributed by atoms with Crippen molar-refractivity contribution in [2.75, 3.05) is 18.0 Å². The summed E-state index contributed by atoms with van der Waals surface area (Å²) in [6.07, 6.45) is 0.866. The Morgan fingerprint density at radius 1 is 1.33 bits per heavy atom. The van der Waals surface area contributed by atoms with Gasteiger partial charge in [-0.2, -0.15) is 5.10 Å². The van der Waals surface area contributed by atoms with Crippen LogP contribution in [0.3, 0.4) is 0 Å². The molecule has 0 amide bonds. The van der Waals surface area contributed by atoms with Crippen molar-refractivity contribution < 1.29 is 0 Å². The molecular formula is C16H21ClN4. The number of nitrogens with one attached hydrogen (secondary N) is 1. The number of aromatic nitrogens is 2. The number of benzene rings is 1. The average Bonchev–Trinajstić information content (AvgIpc) is 2.67. The lowest BCUT2D eigenvalue weighted by atomic mass is 10.1. The molecule has 0 fully saturated rings. The van der Waals surface area contributed by atoms with E-state index in [2.05, 4.69) is 46.5 Å². The molecule has 2 heterocycles. The molecule has 4 nitrogen and oxygen atoms in total. The van der Waals surface area contributed by atoms with Crippen molar-refractivity contribution in [1.29, 1.82) is 0 Å². The van der Waals surface area contributed by atoms with Gasteiger partial charge >= 0.3 is 0 Å². The summed E-state index contributed by atoms with van der Waals surface area (Å²) in [6.45, 7) is 5.75. The number of hydrogen-bond acceptors (Lipinski definition) is 3. The molecule has 0 saturated heterocycles. The van der Waals surface area contributed by atoms with Crippen LogP contribution in [0.1, 0.15) is 23.9 Å². The van der Waals surface area contributed by atoms with E-state index >= 15 is 0 Å². The number of anilines is 1. The Morgan fingerprint density at radius 3 is 2.90 bits per heavy atom. The molecule has 1 aromatic carbocycles. The van der Waals surface area contributed by atoms with Crippen LogP contribution in [0.4, 0.5) is 5.69 Å². The van der Waals surface area contributed by atoms with Crippen molar-refractivity contribution in [3.05, 3.63) is 46.2 Å². The van der Waals surface area contributed by atoms with Crippen LogP contribution in [0.2, 0.25) is 5.02 Å². The maximum absolute atomic E-state index is 6.49. The highest BCUT2D eigenvalue weighted by molar-refractivity contribution is 6.31. The zero-order valence-corrected chi connectivity index (χ0v) is 13.3. The molecule has 112 valence electrons. The first-order valence-electron chi connectivity index (χ1n) is 7.44. The van der Waals surface area contributed by atoms with Crippen molar-refractivity contribution >= 4 is 17.3 Å². The van der Waals surface area contributed by atoms with Crippen molar-refractivity contribution in [2.24, 2.45) is 7.05 Å². The quantitative estimate of drug-likeness (QED) is 0.946. The Labute approximate surface area is 130 Å². The molecule has 2 aromatic rings. The Morgan fingerprint density at radius 2 is 2.14 bits per heavy atom. The summed E-state index contributed by atoms with van der Waals surface area (Å²) in [5.41, 5.74) is 4.70. The molecule has 0 saturated carbocycles. The zero-order valence-electron chi connectivity index (χ0n) is 12.6. The van der Waals surface area contributed by atoms with Gasteiger partial charge in [0, 0.05) is 32.4 Å². The number of hydrogen-bond donors (Lipinski definition) is 1. The highest BCUT2D eigenvalue weighted by atomic mass is 35.5. The Balaban J connectivity index is 1.93. The lowest BCUT2D eigenvalue weighted by Crippen LogP contribution is -2.29. The van der Waals surface area contributed by atoms with Gasteiger partial charge in [0.1, 0.15) is 0 Å². The Kier molecular flexibility index (Phi) is 4.17. The molecule has 0 radical (unpaired) electrons. The maximum Gasteiger partial charge on any atom is 0.0868 e. The van der Waals surface area contributed by atoms with Crippen LogP contribution in [0, 0.1) is 0 Å². The summed E-state index contributed by atoms with van der Waals surface area (Å²) in [6, 6.07) is 8.56. The van der Waals surface area contributed by atoms with Gasteiger partial charge in [-0.05, 0) is 18.1 Å². The fourth-order valence-corrected chi connectivity index (χ4v) is 3.22. The van der Waals surface area contributed by atoms with E-state index in [1.807, 2.05) is 11.7 Å². The van der Waals surface area contributed by atoms with Gasteiger partial charge in [0.05, 0.1) is 23.0 Å². The van der Waals surface area contributed by atoms with Crippen LogP contribution in [-0.4, -0.2) is 22.9 Å². The van der Waals surface area contributed by atoms with Crippen LogP contribution < -0.4 is 10.2 Å². The second-order valence-corrected chi connectivity index (χ2v) is 5.79. The van der Waals surface area contributed by atoms with Gasteiger partial charge < -0.3 is 10.2 Å². The largest absolute Gasteiger partial charge is 0.364 e. The molecule has 0 atom stereocenters. The van der Waals surface area contributed by atoms with Crippen molar-refractivity contribution in [3.63, 3.8) is 0 Å². The highest BCUT2D eigenvalue weighted by Crippen LogP contribution is 2.27. The number of fused-ring (bicyclic) bond motifs is 1. The van der Waals surface area contributed by atoms with Crippen LogP contribution in [0.25, 0.3) is 0 Å². The van der Waals surface area contributed by atoms with Gasteiger partial charge in [-0.1, -0.05) is 36.7 Å². The smallest absolute Gasteiger partial charge is 0.0868 e. The molecule has 0 bridgehead atoms. The minimum Gasteiger partial charge on any atom is -0.364 e. The van der Waals surface area contributed by atoms with Crippen LogP contribution in [0.5, 0.6) is 0 Å². The van der Waals surface area contributed by atoms with Crippen molar-refractivity contribution in [3.8, 4) is 0 Å². The first-order chi connectivity index (χ1) is 10.2. The molecule has 1 aliphatic heterocycles. The molecule has 1 N–H and O–H groups in total. The minimum absolute atomic E-state index is 0.793. The van der Waals surface area contributed by atoms with Gasteiger partial charge in [0.25, 0.3) is 0 Å². The number of rotatable bonds is 3. The molecule has 1 aliphatic rings. The summed E-state index contributed by atoms with van der Waals surface area (Å²) in [4.78, 5) is 2.39. The third-order valence-corrected chi connectivity index (χ3v) is 4.49. The summed E-state index contributed by atoms with van der Waals surface area (Å²) in [5.74, 6) is 0. The third-order valence-electron chi connectivity index (χ3n) is 4.05. The number of nitrogens with zero attached hydrogens (tertiary/aromatic N) is 3. The Hall–Kier alpha value is -1.52. The van der Waals surface area contributed by atoms with E-state index < -0.39 is 0 Å². The van der Waals surface area contributed by atoms with Crippen molar-refractivity contribution in [2.45, 2.75) is 26.4 Å². The zero-order chi connectivity index (χ0) is 14.8. The van der Waals surface area contributed by atoms with E-state index in [1.54, 1.807) is 0 Å². The Bertz CT molecular complexity index is 635. The molecular weight excluding hydrogens is 284 g/mol. The van der Waals surface area contributed by atoms with Crippen LogP contribution in [0.15, 0.2) is 24.3 Å². The summed E-state index contributed by atoms with van der Waals surface area (Å²) < 4.78 is 1.92. The predicted octanol–water partition coefficient (Wildman–Crippen LogP) is 2.75. The number of para-hydroxylation sites is 1. The normalized spacial score (nSPS) is 14.9. The predicted molar refractivity (Wildman–Crippen MR) is 86.8 cm³/mol. The summed E-state index contributed by atoms with van der Waals surface area (Å²) >= 11 is 6.49. The van der Waals surface area contributed by atoms with Crippen molar-refractivity contribution in [1.82, 2.24) is 15.1 Å². The van der Waals surface area contributed by atoms with E-state index in [9.17, 15) is 0 Å². The minimum atomic E-state index is 0.793. The van der Waals surface area contributed by atoms with E-state index in [0.29, 0.717) is 0 Å². The van der Waals surface area contributed by atoms with Gasteiger partial charge in [-0.15, -0.1) is 0 Å². The molecule has 21 heavy (non-hydrogen) atoms. The summed E-state index contributed by atoms with van der Waals surface area (Å²) in [5, 5.41) is 8.80. The van der Waals surface area contributed by atoms with Gasteiger partial charge in [-0.25, -0.2) is 0 Å². The molecule has 1 aromatic heterocycles. The standard InChI is InChI=1S/C16H21ClN4/c1-3-13-16(17)15(20(2)19-13)11-21-9-8-18-10-12-6-4-5-7-14(12)21/h4-7,18H,3,8-11H2,1-2H3. The fourth-order valence-electron chi connectivity index (χ4n) is 2.86. The van der Waals surface area contributed by atoms with Gasteiger partial charge in [0.2, 0.25) is 0 Å². The number of halogens is 1. The van der Waals surface area contributed by atoms with E-state index in [1.165, 1.54) is 11.3 Å². The number of aryl methyl sites for hydroxylation is 2. The monoisotopic (exact) mass is 304 g/mol. The second kappa shape index (κ2) is 6.08. The average molecular weight is 305 g/mol. The van der Waals surface area contributed by atoms with E-state index in [-0.39, 0.29) is 0 Å². The maximum atomic E-state index is 6.49. The van der Waals surface area contributed by atoms with Crippen LogP contribution >= 0.6 is 11.6 Å². The fraction of sp³-hybridized carbons (Fsp3) is 0.438.